The largest absolute Gasteiger partial charge is 0.382 e. The third-order valence-electron chi connectivity index (χ3n) is 4.88. The Balaban J connectivity index is 1.45. The van der Waals surface area contributed by atoms with Crippen molar-refractivity contribution in [2.24, 2.45) is 5.92 Å². The standard InChI is InChI=1S/C21H28N4O2/c1-2-27-16-6-13-22-21(26)18-11-14-25(15-12-18)20-10-9-19(23-24-20)17-7-4-3-5-8-17/h3-5,7-10,18H,2,6,11-16H2,1H3,(H,22,26). The molecule has 0 aliphatic carbocycles. The summed E-state index contributed by atoms with van der Waals surface area (Å²) in [7, 11) is 0. The lowest BCUT2D eigenvalue weighted by molar-refractivity contribution is -0.125. The summed E-state index contributed by atoms with van der Waals surface area (Å²) in [6, 6.07) is 14.1. The van der Waals surface area contributed by atoms with Crippen molar-refractivity contribution in [3.05, 3.63) is 42.5 Å². The Morgan fingerprint density at radius 1 is 1.15 bits per heavy atom. The zero-order valence-electron chi connectivity index (χ0n) is 15.9. The Kier molecular flexibility index (Phi) is 7.16. The lowest BCUT2D eigenvalue weighted by Gasteiger charge is -2.31. The molecule has 6 heteroatoms. The van der Waals surface area contributed by atoms with Crippen molar-refractivity contribution < 1.29 is 9.53 Å². The number of nitrogens with one attached hydrogen (secondary N) is 1. The van der Waals surface area contributed by atoms with E-state index in [1.165, 1.54) is 0 Å². The molecule has 27 heavy (non-hydrogen) atoms. The Labute approximate surface area is 160 Å². The summed E-state index contributed by atoms with van der Waals surface area (Å²) in [5.41, 5.74) is 1.94. The molecule has 3 rings (SSSR count). The molecular formula is C21H28N4O2. The molecule has 1 amide bonds. The zero-order valence-corrected chi connectivity index (χ0v) is 15.9. The fraction of sp³-hybridized carbons (Fsp3) is 0.476. The van der Waals surface area contributed by atoms with E-state index in [1.807, 2.05) is 49.4 Å². The van der Waals surface area contributed by atoms with Crippen LogP contribution in [0.4, 0.5) is 5.82 Å². The van der Waals surface area contributed by atoms with Gasteiger partial charge in [0.15, 0.2) is 5.82 Å². The van der Waals surface area contributed by atoms with E-state index in [9.17, 15) is 4.79 Å². The van der Waals surface area contributed by atoms with E-state index in [-0.39, 0.29) is 11.8 Å². The predicted molar refractivity (Wildman–Crippen MR) is 107 cm³/mol. The van der Waals surface area contributed by atoms with Gasteiger partial charge in [0.05, 0.1) is 5.69 Å². The van der Waals surface area contributed by atoms with Crippen molar-refractivity contribution in [1.82, 2.24) is 15.5 Å². The number of ether oxygens (including phenoxy) is 1. The molecule has 0 bridgehead atoms. The number of amides is 1. The van der Waals surface area contributed by atoms with E-state index in [0.29, 0.717) is 13.2 Å². The van der Waals surface area contributed by atoms with E-state index in [4.69, 9.17) is 4.74 Å². The van der Waals surface area contributed by atoms with Crippen LogP contribution < -0.4 is 10.2 Å². The first-order valence-electron chi connectivity index (χ1n) is 9.77. The van der Waals surface area contributed by atoms with Crippen LogP contribution in [0, 0.1) is 5.92 Å². The van der Waals surface area contributed by atoms with Gasteiger partial charge >= 0.3 is 0 Å². The summed E-state index contributed by atoms with van der Waals surface area (Å²) in [5.74, 6) is 1.13. The monoisotopic (exact) mass is 368 g/mol. The quantitative estimate of drug-likeness (QED) is 0.726. The Morgan fingerprint density at radius 2 is 1.93 bits per heavy atom. The van der Waals surface area contributed by atoms with Gasteiger partial charge in [-0.05, 0) is 38.3 Å². The van der Waals surface area contributed by atoms with Crippen LogP contribution in [0.1, 0.15) is 26.2 Å². The first kappa shape index (κ1) is 19.3. The minimum atomic E-state index is 0.0879. The fourth-order valence-corrected chi connectivity index (χ4v) is 3.30. The topological polar surface area (TPSA) is 67.3 Å². The highest BCUT2D eigenvalue weighted by atomic mass is 16.5. The zero-order chi connectivity index (χ0) is 18.9. The predicted octanol–water partition coefficient (Wildman–Crippen LogP) is 2.90. The molecule has 0 atom stereocenters. The highest BCUT2D eigenvalue weighted by molar-refractivity contribution is 5.78. The maximum atomic E-state index is 12.3. The maximum Gasteiger partial charge on any atom is 0.223 e. The van der Waals surface area contributed by atoms with Gasteiger partial charge < -0.3 is 15.0 Å². The van der Waals surface area contributed by atoms with Crippen molar-refractivity contribution in [2.75, 3.05) is 37.7 Å². The summed E-state index contributed by atoms with van der Waals surface area (Å²) in [6.07, 6.45) is 2.56. The smallest absolute Gasteiger partial charge is 0.223 e. The average Bonchev–Trinajstić information content (AvgIpc) is 2.74. The van der Waals surface area contributed by atoms with E-state index in [0.717, 1.165) is 56.0 Å². The van der Waals surface area contributed by atoms with Crippen molar-refractivity contribution in [2.45, 2.75) is 26.2 Å². The van der Waals surface area contributed by atoms with Gasteiger partial charge in [-0.2, -0.15) is 0 Å². The molecular weight excluding hydrogens is 340 g/mol. The van der Waals surface area contributed by atoms with Gasteiger partial charge in [0.1, 0.15) is 0 Å². The first-order chi connectivity index (χ1) is 13.3. The van der Waals surface area contributed by atoms with Gasteiger partial charge in [-0.25, -0.2) is 0 Å². The molecule has 1 saturated heterocycles. The summed E-state index contributed by atoms with van der Waals surface area (Å²) in [5, 5.41) is 11.8. The summed E-state index contributed by atoms with van der Waals surface area (Å²) < 4.78 is 5.29. The van der Waals surface area contributed by atoms with Crippen molar-refractivity contribution in [1.29, 1.82) is 0 Å². The second-order valence-corrected chi connectivity index (χ2v) is 6.75. The van der Waals surface area contributed by atoms with Crippen molar-refractivity contribution in [3.8, 4) is 11.3 Å². The second kappa shape index (κ2) is 10.0. The average molecular weight is 368 g/mol. The summed E-state index contributed by atoms with van der Waals surface area (Å²) >= 11 is 0. The lowest BCUT2D eigenvalue weighted by Crippen LogP contribution is -2.41. The van der Waals surface area contributed by atoms with Gasteiger partial charge in [-0.3, -0.25) is 4.79 Å². The Hall–Kier alpha value is -2.47. The van der Waals surface area contributed by atoms with E-state index in [2.05, 4.69) is 20.4 Å². The van der Waals surface area contributed by atoms with Gasteiger partial charge in [-0.1, -0.05) is 30.3 Å². The number of hydrogen-bond donors (Lipinski definition) is 1. The maximum absolute atomic E-state index is 12.3. The minimum Gasteiger partial charge on any atom is -0.382 e. The molecule has 144 valence electrons. The second-order valence-electron chi connectivity index (χ2n) is 6.75. The Morgan fingerprint density at radius 3 is 2.59 bits per heavy atom. The van der Waals surface area contributed by atoms with Gasteiger partial charge in [-0.15, -0.1) is 10.2 Å². The fourth-order valence-electron chi connectivity index (χ4n) is 3.30. The summed E-state index contributed by atoms with van der Waals surface area (Å²) in [6.45, 7) is 5.75. The molecule has 0 spiro atoms. The van der Waals surface area contributed by atoms with Crippen molar-refractivity contribution in [3.63, 3.8) is 0 Å². The molecule has 0 saturated carbocycles. The van der Waals surface area contributed by atoms with Crippen LogP contribution in [0.5, 0.6) is 0 Å². The molecule has 0 radical (unpaired) electrons. The van der Waals surface area contributed by atoms with Crippen LogP contribution in [-0.2, 0) is 9.53 Å². The number of carbonyl (C=O) groups is 1. The molecule has 1 aromatic carbocycles. The Bertz CT molecular complexity index is 698. The number of nitrogens with zero attached hydrogens (tertiary/aromatic N) is 3. The molecule has 1 aromatic heterocycles. The van der Waals surface area contributed by atoms with Gasteiger partial charge in [0.2, 0.25) is 5.91 Å². The SMILES string of the molecule is CCOCCCNC(=O)C1CCN(c2ccc(-c3ccccc3)nn2)CC1. The number of hydrogen-bond acceptors (Lipinski definition) is 5. The highest BCUT2D eigenvalue weighted by Crippen LogP contribution is 2.23. The van der Waals surface area contributed by atoms with Crippen molar-refractivity contribution >= 4 is 11.7 Å². The van der Waals surface area contributed by atoms with Gasteiger partial charge in [0, 0.05) is 44.3 Å². The summed E-state index contributed by atoms with van der Waals surface area (Å²) in [4.78, 5) is 14.5. The lowest BCUT2D eigenvalue weighted by atomic mass is 9.96. The molecule has 6 nitrogen and oxygen atoms in total. The number of aromatic nitrogens is 2. The van der Waals surface area contributed by atoms with Crippen LogP contribution in [0.3, 0.4) is 0 Å². The minimum absolute atomic E-state index is 0.0879. The van der Waals surface area contributed by atoms with E-state index < -0.39 is 0 Å². The highest BCUT2D eigenvalue weighted by Gasteiger charge is 2.25. The van der Waals surface area contributed by atoms with E-state index in [1.54, 1.807) is 0 Å². The number of piperidine rings is 1. The number of benzene rings is 1. The van der Waals surface area contributed by atoms with Crippen LogP contribution in [0.25, 0.3) is 11.3 Å². The molecule has 2 aromatic rings. The third kappa shape index (κ3) is 5.50. The van der Waals surface area contributed by atoms with Crippen LogP contribution >= 0.6 is 0 Å². The van der Waals surface area contributed by atoms with Crippen LogP contribution in [-0.4, -0.2) is 49.0 Å². The first-order valence-corrected chi connectivity index (χ1v) is 9.77. The molecule has 1 aliphatic heterocycles. The number of carbonyl (C=O) groups excluding carboxylic acids is 1. The molecule has 2 heterocycles. The van der Waals surface area contributed by atoms with Crippen LogP contribution in [0.15, 0.2) is 42.5 Å². The third-order valence-corrected chi connectivity index (χ3v) is 4.88. The van der Waals surface area contributed by atoms with Gasteiger partial charge in [0.25, 0.3) is 0 Å². The molecule has 0 unspecified atom stereocenters. The molecule has 1 aliphatic rings. The number of anilines is 1. The van der Waals surface area contributed by atoms with Crippen LogP contribution in [0.2, 0.25) is 0 Å². The van der Waals surface area contributed by atoms with E-state index >= 15 is 0 Å². The molecule has 1 fully saturated rings. The number of rotatable bonds is 8. The molecule has 1 N–H and O–H groups in total. The normalized spacial score (nSPS) is 14.9.